The number of carbonyl (C=O) groups is 2. The average molecular weight is 414 g/mol. The van der Waals surface area contributed by atoms with E-state index in [1.165, 1.54) is 11.3 Å². The molecule has 0 atom stereocenters. The van der Waals surface area contributed by atoms with Gasteiger partial charge in [-0.1, -0.05) is 12.1 Å². The Balaban J connectivity index is 1.84. The van der Waals surface area contributed by atoms with E-state index in [1.54, 1.807) is 25.1 Å². The van der Waals surface area contributed by atoms with Crippen LogP contribution >= 0.6 is 27.3 Å². The predicted molar refractivity (Wildman–Crippen MR) is 93.3 cm³/mol. The molecule has 2 aromatic rings. The number of hydrogen-bond acceptors (Lipinski definition) is 6. The van der Waals surface area contributed by atoms with Crippen molar-refractivity contribution in [2.45, 2.75) is 13.8 Å². The van der Waals surface area contributed by atoms with Crippen LogP contribution in [0.3, 0.4) is 0 Å². The Hall–Kier alpha value is -2.13. The summed E-state index contributed by atoms with van der Waals surface area (Å²) in [5, 5.41) is 0. The van der Waals surface area contributed by atoms with Gasteiger partial charge in [0.1, 0.15) is 5.69 Å². The fourth-order valence-corrected chi connectivity index (χ4v) is 3.31. The molecule has 0 bridgehead atoms. The number of rotatable bonds is 6. The lowest BCUT2D eigenvalue weighted by molar-refractivity contribution is -0.123. The number of para-hydroxylation sites is 2. The summed E-state index contributed by atoms with van der Waals surface area (Å²) in [6, 6.07) is 7.04. The number of nitrogens with one attached hydrogen (secondary N) is 2. The highest BCUT2D eigenvalue weighted by atomic mass is 79.9. The molecule has 1 aromatic carbocycles. The first kappa shape index (κ1) is 18.2. The molecule has 0 radical (unpaired) electrons. The molecule has 1 aromatic heterocycles. The molecule has 2 amide bonds. The topological polar surface area (TPSA) is 89.5 Å². The summed E-state index contributed by atoms with van der Waals surface area (Å²) in [6.45, 7) is 3.86. The van der Waals surface area contributed by atoms with Gasteiger partial charge < -0.3 is 9.47 Å². The summed E-state index contributed by atoms with van der Waals surface area (Å²) in [5.74, 6) is 0.0269. The molecule has 0 spiro atoms. The fourth-order valence-electron chi connectivity index (χ4n) is 1.78. The van der Waals surface area contributed by atoms with Crippen LogP contribution in [-0.2, 0) is 4.79 Å². The van der Waals surface area contributed by atoms with Crippen LogP contribution in [-0.4, -0.2) is 30.0 Å². The smallest absolute Gasteiger partial charge is 0.289 e. The standard InChI is InChI=1S/C15H16BrN3O4S/c1-3-22-10-6-4-5-7-11(10)23-8-12(20)18-19-14(21)13-9(2)24-15(16)17-13/h4-7H,3,8H2,1-2H3,(H,18,20)(H,19,21). The summed E-state index contributed by atoms with van der Waals surface area (Å²) in [6.07, 6.45) is 0. The molecule has 128 valence electrons. The number of thiazole rings is 1. The second kappa shape index (κ2) is 8.65. The number of ether oxygens (including phenoxy) is 2. The number of amides is 2. The van der Waals surface area contributed by atoms with Crippen LogP contribution in [0.15, 0.2) is 28.2 Å². The van der Waals surface area contributed by atoms with Gasteiger partial charge in [-0.25, -0.2) is 4.98 Å². The van der Waals surface area contributed by atoms with Crippen LogP contribution < -0.4 is 20.3 Å². The number of hydrogen-bond donors (Lipinski definition) is 2. The molecule has 0 aliphatic heterocycles. The monoisotopic (exact) mass is 413 g/mol. The van der Waals surface area contributed by atoms with E-state index in [-0.39, 0.29) is 12.3 Å². The van der Waals surface area contributed by atoms with Gasteiger partial charge in [-0.3, -0.25) is 20.4 Å². The van der Waals surface area contributed by atoms with Gasteiger partial charge >= 0.3 is 0 Å². The van der Waals surface area contributed by atoms with Crippen LogP contribution in [0.25, 0.3) is 0 Å². The Kier molecular flexibility index (Phi) is 6.56. The first-order valence-corrected chi connectivity index (χ1v) is 8.69. The van der Waals surface area contributed by atoms with Gasteiger partial charge in [0.15, 0.2) is 22.0 Å². The summed E-state index contributed by atoms with van der Waals surface area (Å²) in [7, 11) is 0. The van der Waals surface area contributed by atoms with E-state index < -0.39 is 11.8 Å². The second-order valence-electron chi connectivity index (χ2n) is 4.54. The molecule has 0 unspecified atom stereocenters. The molecule has 7 nitrogen and oxygen atoms in total. The zero-order valence-corrected chi connectivity index (χ0v) is 15.5. The van der Waals surface area contributed by atoms with Gasteiger partial charge in [0.2, 0.25) is 0 Å². The summed E-state index contributed by atoms with van der Waals surface area (Å²) < 4.78 is 11.4. The number of nitrogens with zero attached hydrogens (tertiary/aromatic N) is 1. The van der Waals surface area contributed by atoms with E-state index >= 15 is 0 Å². The largest absolute Gasteiger partial charge is 0.490 e. The quantitative estimate of drug-likeness (QED) is 0.709. The normalized spacial score (nSPS) is 10.1. The van der Waals surface area contributed by atoms with E-state index in [9.17, 15) is 9.59 Å². The van der Waals surface area contributed by atoms with E-state index in [2.05, 4.69) is 31.8 Å². The highest BCUT2D eigenvalue weighted by Crippen LogP contribution is 2.26. The third-order valence-corrected chi connectivity index (χ3v) is 4.23. The Morgan fingerprint density at radius 1 is 1.21 bits per heavy atom. The van der Waals surface area contributed by atoms with E-state index in [1.807, 2.05) is 13.0 Å². The highest BCUT2D eigenvalue weighted by Gasteiger charge is 2.15. The Morgan fingerprint density at radius 2 is 1.88 bits per heavy atom. The number of halogens is 1. The predicted octanol–water partition coefficient (Wildman–Crippen LogP) is 2.45. The van der Waals surface area contributed by atoms with E-state index in [4.69, 9.17) is 9.47 Å². The van der Waals surface area contributed by atoms with Gasteiger partial charge in [0, 0.05) is 4.88 Å². The molecular weight excluding hydrogens is 398 g/mol. The SMILES string of the molecule is CCOc1ccccc1OCC(=O)NNC(=O)c1nc(Br)sc1C. The molecule has 0 saturated carbocycles. The van der Waals surface area contributed by atoms with Crippen molar-refractivity contribution in [3.63, 3.8) is 0 Å². The average Bonchev–Trinajstić information content (AvgIpc) is 2.90. The molecule has 0 fully saturated rings. The second-order valence-corrected chi connectivity index (χ2v) is 7.02. The highest BCUT2D eigenvalue weighted by molar-refractivity contribution is 9.11. The van der Waals surface area contributed by atoms with Crippen molar-refractivity contribution in [1.29, 1.82) is 0 Å². The van der Waals surface area contributed by atoms with Crippen molar-refractivity contribution in [2.75, 3.05) is 13.2 Å². The number of hydrazine groups is 1. The number of aromatic nitrogens is 1. The Bertz CT molecular complexity index is 735. The fraction of sp³-hybridized carbons (Fsp3) is 0.267. The van der Waals surface area contributed by atoms with Crippen LogP contribution in [0.4, 0.5) is 0 Å². The van der Waals surface area contributed by atoms with Gasteiger partial charge in [-0.05, 0) is 41.9 Å². The Morgan fingerprint density at radius 3 is 2.46 bits per heavy atom. The van der Waals surface area contributed by atoms with Crippen LogP contribution in [0.2, 0.25) is 0 Å². The van der Waals surface area contributed by atoms with E-state index in [0.29, 0.717) is 22.0 Å². The maximum absolute atomic E-state index is 11.9. The van der Waals surface area contributed by atoms with Gasteiger partial charge in [0.25, 0.3) is 11.8 Å². The molecule has 24 heavy (non-hydrogen) atoms. The molecule has 0 aliphatic rings. The molecule has 2 N–H and O–H groups in total. The maximum Gasteiger partial charge on any atom is 0.289 e. The van der Waals surface area contributed by atoms with Crippen molar-refractivity contribution < 1.29 is 19.1 Å². The zero-order chi connectivity index (χ0) is 17.5. The molecule has 0 aliphatic carbocycles. The van der Waals surface area contributed by atoms with Crippen molar-refractivity contribution in [2.24, 2.45) is 0 Å². The van der Waals surface area contributed by atoms with Crippen molar-refractivity contribution in [3.05, 3.63) is 38.8 Å². The summed E-state index contributed by atoms with van der Waals surface area (Å²) in [4.78, 5) is 28.5. The van der Waals surface area contributed by atoms with Crippen LogP contribution in [0.5, 0.6) is 11.5 Å². The molecule has 1 heterocycles. The van der Waals surface area contributed by atoms with Gasteiger partial charge in [0.05, 0.1) is 6.61 Å². The lowest BCUT2D eigenvalue weighted by Gasteiger charge is -2.11. The molecule has 2 rings (SSSR count). The minimum Gasteiger partial charge on any atom is -0.490 e. The number of carbonyl (C=O) groups excluding carboxylic acids is 2. The van der Waals surface area contributed by atoms with Crippen LogP contribution in [0, 0.1) is 6.92 Å². The Labute approximate surface area is 151 Å². The van der Waals surface area contributed by atoms with Crippen molar-refractivity contribution >= 4 is 39.1 Å². The van der Waals surface area contributed by atoms with Gasteiger partial charge in [-0.2, -0.15) is 0 Å². The summed E-state index contributed by atoms with van der Waals surface area (Å²) >= 11 is 4.55. The lowest BCUT2D eigenvalue weighted by Crippen LogP contribution is -2.44. The number of benzene rings is 1. The molecular formula is C15H16BrN3O4S. The third kappa shape index (κ3) is 4.93. The number of aryl methyl sites for hydroxylation is 1. The third-order valence-electron chi connectivity index (χ3n) is 2.81. The first-order chi connectivity index (χ1) is 11.5. The van der Waals surface area contributed by atoms with E-state index in [0.717, 1.165) is 4.88 Å². The molecule has 0 saturated heterocycles. The summed E-state index contributed by atoms with van der Waals surface area (Å²) in [5.41, 5.74) is 4.85. The minimum atomic E-state index is -0.499. The lowest BCUT2D eigenvalue weighted by atomic mass is 10.3. The zero-order valence-electron chi connectivity index (χ0n) is 13.1. The molecule has 9 heteroatoms. The maximum atomic E-state index is 11.9. The van der Waals surface area contributed by atoms with Crippen molar-refractivity contribution in [1.82, 2.24) is 15.8 Å². The van der Waals surface area contributed by atoms with Gasteiger partial charge in [-0.15, -0.1) is 11.3 Å². The minimum absolute atomic E-state index is 0.259. The van der Waals surface area contributed by atoms with Crippen molar-refractivity contribution in [3.8, 4) is 11.5 Å². The van der Waals surface area contributed by atoms with Crippen LogP contribution in [0.1, 0.15) is 22.3 Å². The first-order valence-electron chi connectivity index (χ1n) is 7.08.